The van der Waals surface area contributed by atoms with Gasteiger partial charge in [-0.1, -0.05) is 0 Å². The molecule has 0 aliphatic carbocycles. The second-order valence-corrected chi connectivity index (χ2v) is 2.52. The lowest BCUT2D eigenvalue weighted by Gasteiger charge is -1.99. The molecule has 4 heteroatoms. The van der Waals surface area contributed by atoms with Crippen LogP contribution in [0.3, 0.4) is 0 Å². The van der Waals surface area contributed by atoms with Crippen molar-refractivity contribution in [2.75, 3.05) is 7.11 Å². The van der Waals surface area contributed by atoms with Crippen LogP contribution >= 0.6 is 0 Å². The zero-order valence-electron chi connectivity index (χ0n) is 6.98. The van der Waals surface area contributed by atoms with Gasteiger partial charge in [0.2, 0.25) is 5.88 Å². The Morgan fingerprint density at radius 2 is 2.25 bits per heavy atom. The summed E-state index contributed by atoms with van der Waals surface area (Å²) in [5.74, 6) is 1.47. The number of hydrogen-bond donors (Lipinski definition) is 0. The number of hydrogen-bond acceptors (Lipinski definition) is 3. The van der Waals surface area contributed by atoms with E-state index in [-0.39, 0.29) is 0 Å². The summed E-state index contributed by atoms with van der Waals surface area (Å²) in [6.07, 6.45) is 1.77. The fourth-order valence-electron chi connectivity index (χ4n) is 1.11. The molecule has 0 N–H and O–H groups in total. The van der Waals surface area contributed by atoms with Crippen LogP contribution in [0.1, 0.15) is 5.82 Å². The normalized spacial score (nSPS) is 10.5. The summed E-state index contributed by atoms with van der Waals surface area (Å²) in [6, 6.07) is 3.78. The Morgan fingerprint density at radius 1 is 1.42 bits per heavy atom. The van der Waals surface area contributed by atoms with Gasteiger partial charge in [-0.2, -0.15) is 4.52 Å². The number of rotatable bonds is 1. The Morgan fingerprint density at radius 3 is 3.00 bits per heavy atom. The highest BCUT2D eigenvalue weighted by Crippen LogP contribution is 2.13. The van der Waals surface area contributed by atoms with Gasteiger partial charge in [0.15, 0.2) is 0 Å². The van der Waals surface area contributed by atoms with Gasteiger partial charge in [0, 0.05) is 6.07 Å². The monoisotopic (exact) mass is 163 g/mol. The van der Waals surface area contributed by atoms with Gasteiger partial charge >= 0.3 is 0 Å². The van der Waals surface area contributed by atoms with Crippen molar-refractivity contribution in [1.29, 1.82) is 0 Å². The maximum atomic E-state index is 5.10. The van der Waals surface area contributed by atoms with Gasteiger partial charge in [-0.3, -0.25) is 0 Å². The molecule has 0 unspecified atom stereocenters. The summed E-state index contributed by atoms with van der Waals surface area (Å²) in [6.45, 7) is 1.85. The third-order valence-electron chi connectivity index (χ3n) is 1.69. The predicted molar refractivity (Wildman–Crippen MR) is 44.3 cm³/mol. The number of fused-ring (bicyclic) bond motifs is 1. The van der Waals surface area contributed by atoms with Crippen molar-refractivity contribution in [3.05, 3.63) is 24.2 Å². The molecule has 2 aromatic heterocycles. The second-order valence-electron chi connectivity index (χ2n) is 2.52. The number of aryl methyl sites for hydroxylation is 1. The fourth-order valence-corrected chi connectivity index (χ4v) is 1.11. The van der Waals surface area contributed by atoms with Crippen LogP contribution in [-0.4, -0.2) is 21.7 Å². The molecule has 0 aliphatic heterocycles. The lowest BCUT2D eigenvalue weighted by Crippen LogP contribution is -1.98. The van der Waals surface area contributed by atoms with Gasteiger partial charge in [0.05, 0.1) is 18.8 Å². The molecule has 0 aliphatic rings. The van der Waals surface area contributed by atoms with Crippen LogP contribution in [-0.2, 0) is 0 Å². The molecule has 2 rings (SSSR count). The van der Waals surface area contributed by atoms with Crippen molar-refractivity contribution < 1.29 is 4.74 Å². The van der Waals surface area contributed by atoms with E-state index in [1.54, 1.807) is 17.8 Å². The molecular weight excluding hydrogens is 154 g/mol. The molecule has 12 heavy (non-hydrogen) atoms. The van der Waals surface area contributed by atoms with Gasteiger partial charge in [0.25, 0.3) is 0 Å². The summed E-state index contributed by atoms with van der Waals surface area (Å²) in [5.41, 5.74) is 0.942. The first-order valence-corrected chi connectivity index (χ1v) is 3.66. The van der Waals surface area contributed by atoms with Crippen molar-refractivity contribution in [3.8, 4) is 5.88 Å². The van der Waals surface area contributed by atoms with Gasteiger partial charge < -0.3 is 4.74 Å². The molecule has 4 nitrogen and oxygen atoms in total. The number of nitrogens with zero attached hydrogens (tertiary/aromatic N) is 3. The van der Waals surface area contributed by atoms with E-state index in [0.717, 1.165) is 17.2 Å². The number of aromatic nitrogens is 3. The van der Waals surface area contributed by atoms with Crippen LogP contribution < -0.4 is 4.74 Å². The number of methoxy groups -OCH3 is 1. The molecule has 2 heterocycles. The third-order valence-corrected chi connectivity index (χ3v) is 1.69. The average Bonchev–Trinajstić information content (AvgIpc) is 2.46. The van der Waals surface area contributed by atoms with E-state index >= 15 is 0 Å². The first-order valence-electron chi connectivity index (χ1n) is 3.66. The highest BCUT2D eigenvalue weighted by molar-refractivity contribution is 5.47. The van der Waals surface area contributed by atoms with Crippen molar-refractivity contribution in [2.45, 2.75) is 6.92 Å². The minimum atomic E-state index is 0.732. The fraction of sp³-hybridized carbons (Fsp3) is 0.250. The Balaban J connectivity index is 2.75. The van der Waals surface area contributed by atoms with E-state index in [0.29, 0.717) is 0 Å². The Bertz CT molecular complexity index is 408. The first-order chi connectivity index (χ1) is 5.81. The molecule has 2 aromatic rings. The molecule has 0 spiro atoms. The Hall–Kier alpha value is -1.58. The van der Waals surface area contributed by atoms with E-state index in [2.05, 4.69) is 10.1 Å². The van der Waals surface area contributed by atoms with Gasteiger partial charge in [-0.25, -0.2) is 4.98 Å². The van der Waals surface area contributed by atoms with E-state index in [9.17, 15) is 0 Å². The molecule has 0 aromatic carbocycles. The Kier molecular flexibility index (Phi) is 1.46. The van der Waals surface area contributed by atoms with E-state index < -0.39 is 0 Å². The minimum absolute atomic E-state index is 0.732. The predicted octanol–water partition coefficient (Wildman–Crippen LogP) is 1.05. The molecule has 0 bridgehead atoms. The standard InChI is InChI=1S/C8H9N3O/c1-6-9-5-7-3-4-8(12-2)11(7)10-6/h3-5H,1-2H3. The van der Waals surface area contributed by atoms with Crippen LogP contribution in [0.25, 0.3) is 5.52 Å². The van der Waals surface area contributed by atoms with Crippen LogP contribution in [0.2, 0.25) is 0 Å². The maximum Gasteiger partial charge on any atom is 0.214 e. The van der Waals surface area contributed by atoms with Gasteiger partial charge in [-0.05, 0) is 13.0 Å². The van der Waals surface area contributed by atoms with E-state index in [4.69, 9.17) is 4.74 Å². The largest absolute Gasteiger partial charge is 0.481 e. The highest BCUT2D eigenvalue weighted by Gasteiger charge is 2.01. The van der Waals surface area contributed by atoms with Crippen LogP contribution in [0.15, 0.2) is 18.3 Å². The quantitative estimate of drug-likeness (QED) is 0.630. The SMILES string of the molecule is COc1ccc2cnc(C)nn12. The van der Waals surface area contributed by atoms with Crippen molar-refractivity contribution in [2.24, 2.45) is 0 Å². The third kappa shape index (κ3) is 0.922. The van der Waals surface area contributed by atoms with Crippen LogP contribution in [0.4, 0.5) is 0 Å². The summed E-state index contributed by atoms with van der Waals surface area (Å²) < 4.78 is 6.82. The summed E-state index contributed by atoms with van der Waals surface area (Å²) in [5, 5.41) is 4.19. The summed E-state index contributed by atoms with van der Waals surface area (Å²) in [7, 11) is 1.62. The second kappa shape index (κ2) is 2.48. The molecule has 0 fully saturated rings. The molecular formula is C8H9N3O. The summed E-state index contributed by atoms with van der Waals surface area (Å²) >= 11 is 0. The zero-order valence-corrected chi connectivity index (χ0v) is 6.98. The maximum absolute atomic E-state index is 5.10. The lowest BCUT2D eigenvalue weighted by molar-refractivity contribution is 0.386. The smallest absolute Gasteiger partial charge is 0.214 e. The number of ether oxygens (including phenoxy) is 1. The molecule has 0 amide bonds. The molecule has 0 saturated heterocycles. The molecule has 0 atom stereocenters. The summed E-state index contributed by atoms with van der Waals surface area (Å²) in [4.78, 5) is 4.07. The topological polar surface area (TPSA) is 39.4 Å². The zero-order chi connectivity index (χ0) is 8.55. The van der Waals surface area contributed by atoms with Gasteiger partial charge in [0.1, 0.15) is 5.82 Å². The van der Waals surface area contributed by atoms with Gasteiger partial charge in [-0.15, -0.1) is 5.10 Å². The molecule has 62 valence electrons. The van der Waals surface area contributed by atoms with Crippen LogP contribution in [0.5, 0.6) is 5.88 Å². The van der Waals surface area contributed by atoms with E-state index in [1.807, 2.05) is 19.1 Å². The van der Waals surface area contributed by atoms with E-state index in [1.165, 1.54) is 0 Å². The van der Waals surface area contributed by atoms with Crippen molar-refractivity contribution >= 4 is 5.52 Å². The average molecular weight is 163 g/mol. The molecule has 0 radical (unpaired) electrons. The molecule has 0 saturated carbocycles. The first kappa shape index (κ1) is 7.09. The Labute approximate surface area is 69.8 Å². The lowest BCUT2D eigenvalue weighted by atomic mass is 10.5. The van der Waals surface area contributed by atoms with Crippen molar-refractivity contribution in [1.82, 2.24) is 14.6 Å². The minimum Gasteiger partial charge on any atom is -0.481 e. The van der Waals surface area contributed by atoms with Crippen LogP contribution in [0, 0.1) is 6.92 Å². The highest BCUT2D eigenvalue weighted by atomic mass is 16.5. The van der Waals surface area contributed by atoms with Crippen molar-refractivity contribution in [3.63, 3.8) is 0 Å².